The van der Waals surface area contributed by atoms with Crippen molar-refractivity contribution in [2.24, 2.45) is 23.7 Å². The van der Waals surface area contributed by atoms with Gasteiger partial charge in [-0.15, -0.1) is 0 Å². The maximum Gasteiger partial charge on any atom is 0.0602 e. The summed E-state index contributed by atoms with van der Waals surface area (Å²) in [4.78, 5) is 0. The van der Waals surface area contributed by atoms with Crippen molar-refractivity contribution in [1.29, 1.82) is 0 Å². The van der Waals surface area contributed by atoms with Gasteiger partial charge in [-0.05, 0) is 30.1 Å². The van der Waals surface area contributed by atoms with E-state index in [1.54, 1.807) is 0 Å². The lowest BCUT2D eigenvalue weighted by atomic mass is 9.66. The number of ether oxygens (including phenoxy) is 1. The molecule has 1 nitrogen and oxygen atoms in total. The molecule has 0 heterocycles. The van der Waals surface area contributed by atoms with Gasteiger partial charge in [0.2, 0.25) is 0 Å². The molecule has 0 aliphatic heterocycles. The van der Waals surface area contributed by atoms with E-state index in [-0.39, 0.29) is 0 Å². The third-order valence-corrected chi connectivity index (χ3v) is 4.35. The van der Waals surface area contributed by atoms with Crippen LogP contribution < -0.4 is 0 Å². The molecule has 1 rings (SSSR count). The Morgan fingerprint density at radius 1 is 1.08 bits per heavy atom. The molecule has 1 aliphatic carbocycles. The molecule has 13 heavy (non-hydrogen) atoms. The van der Waals surface area contributed by atoms with Gasteiger partial charge in [-0.1, -0.05) is 34.1 Å². The van der Waals surface area contributed by atoms with Crippen molar-refractivity contribution in [3.8, 4) is 0 Å². The molecule has 0 aromatic rings. The molecule has 5 unspecified atom stereocenters. The summed E-state index contributed by atoms with van der Waals surface area (Å²) >= 11 is 0. The quantitative estimate of drug-likeness (QED) is 0.639. The minimum absolute atomic E-state index is 0.496. The van der Waals surface area contributed by atoms with Gasteiger partial charge in [0.1, 0.15) is 0 Å². The molecule has 78 valence electrons. The van der Waals surface area contributed by atoms with Crippen molar-refractivity contribution in [2.45, 2.75) is 46.6 Å². The summed E-state index contributed by atoms with van der Waals surface area (Å²) in [6.07, 6.45) is 3.06. The highest BCUT2D eigenvalue weighted by atomic mass is 16.5. The van der Waals surface area contributed by atoms with E-state index in [0.29, 0.717) is 6.10 Å². The van der Waals surface area contributed by atoms with E-state index in [4.69, 9.17) is 4.74 Å². The van der Waals surface area contributed by atoms with Crippen LogP contribution in [0.2, 0.25) is 0 Å². The van der Waals surface area contributed by atoms with Crippen LogP contribution >= 0.6 is 0 Å². The molecule has 0 saturated heterocycles. The van der Waals surface area contributed by atoms with Crippen LogP contribution in [-0.2, 0) is 4.74 Å². The Kier molecular flexibility index (Phi) is 3.78. The van der Waals surface area contributed by atoms with Gasteiger partial charge in [0.25, 0.3) is 0 Å². The second-order valence-electron chi connectivity index (χ2n) is 4.76. The van der Waals surface area contributed by atoms with Crippen LogP contribution in [-0.4, -0.2) is 13.2 Å². The molecule has 0 spiro atoms. The highest BCUT2D eigenvalue weighted by molar-refractivity contribution is 4.86. The lowest BCUT2D eigenvalue weighted by molar-refractivity contribution is -0.0392. The Balaban J connectivity index is 2.66. The van der Waals surface area contributed by atoms with Crippen LogP contribution in [0.1, 0.15) is 40.5 Å². The predicted molar refractivity (Wildman–Crippen MR) is 56.7 cm³/mol. The van der Waals surface area contributed by atoms with Crippen molar-refractivity contribution in [3.63, 3.8) is 0 Å². The third kappa shape index (κ3) is 2.07. The first-order chi connectivity index (χ1) is 6.11. The first-order valence-corrected chi connectivity index (χ1v) is 5.64. The maximum absolute atomic E-state index is 5.55. The zero-order valence-electron chi connectivity index (χ0n) is 9.71. The second kappa shape index (κ2) is 4.45. The van der Waals surface area contributed by atoms with Gasteiger partial charge in [-0.2, -0.15) is 0 Å². The summed E-state index contributed by atoms with van der Waals surface area (Å²) in [6.45, 7) is 9.42. The summed E-state index contributed by atoms with van der Waals surface area (Å²) < 4.78 is 5.55. The molecule has 1 saturated carbocycles. The molecule has 0 amide bonds. The summed E-state index contributed by atoms with van der Waals surface area (Å²) in [5.74, 6) is 3.27. The molecule has 0 aromatic carbocycles. The average molecular weight is 184 g/mol. The van der Waals surface area contributed by atoms with Gasteiger partial charge in [0.05, 0.1) is 6.10 Å². The van der Waals surface area contributed by atoms with E-state index in [0.717, 1.165) is 23.7 Å². The number of hydrogen-bond acceptors (Lipinski definition) is 1. The molecule has 5 atom stereocenters. The Morgan fingerprint density at radius 3 is 2.15 bits per heavy atom. The fourth-order valence-corrected chi connectivity index (χ4v) is 2.82. The first-order valence-electron chi connectivity index (χ1n) is 5.64. The van der Waals surface area contributed by atoms with E-state index < -0.39 is 0 Å². The van der Waals surface area contributed by atoms with Gasteiger partial charge in [-0.25, -0.2) is 0 Å². The highest BCUT2D eigenvalue weighted by Gasteiger charge is 2.37. The largest absolute Gasteiger partial charge is 0.381 e. The fourth-order valence-electron chi connectivity index (χ4n) is 2.82. The zero-order chi connectivity index (χ0) is 10.0. The number of hydrogen-bond donors (Lipinski definition) is 0. The minimum atomic E-state index is 0.496. The highest BCUT2D eigenvalue weighted by Crippen LogP contribution is 2.40. The Labute approximate surface area is 82.9 Å². The Hall–Kier alpha value is -0.0400. The van der Waals surface area contributed by atoms with E-state index in [2.05, 4.69) is 27.7 Å². The van der Waals surface area contributed by atoms with E-state index >= 15 is 0 Å². The number of methoxy groups -OCH3 is 1. The predicted octanol–water partition coefficient (Wildman–Crippen LogP) is 3.34. The first kappa shape index (κ1) is 11.0. The van der Waals surface area contributed by atoms with Crippen LogP contribution in [0, 0.1) is 23.7 Å². The lowest BCUT2D eigenvalue weighted by Crippen LogP contribution is -2.40. The number of rotatable bonds is 2. The second-order valence-corrected chi connectivity index (χ2v) is 4.76. The third-order valence-electron chi connectivity index (χ3n) is 4.35. The van der Waals surface area contributed by atoms with Crippen LogP contribution in [0.4, 0.5) is 0 Å². The molecular formula is C12H24O. The molecule has 0 N–H and O–H groups in total. The maximum atomic E-state index is 5.55. The van der Waals surface area contributed by atoms with Crippen molar-refractivity contribution in [1.82, 2.24) is 0 Å². The average Bonchev–Trinajstić information content (AvgIpc) is 2.15. The molecule has 0 aromatic heterocycles. The molecule has 0 radical (unpaired) electrons. The summed E-state index contributed by atoms with van der Waals surface area (Å²) in [7, 11) is 1.86. The Morgan fingerprint density at radius 2 is 1.69 bits per heavy atom. The van der Waals surface area contributed by atoms with Gasteiger partial charge < -0.3 is 4.74 Å². The summed E-state index contributed by atoms with van der Waals surface area (Å²) in [5.41, 5.74) is 0. The molecule has 0 bridgehead atoms. The van der Waals surface area contributed by atoms with E-state index in [1.807, 2.05) is 7.11 Å². The van der Waals surface area contributed by atoms with Gasteiger partial charge in [-0.3, -0.25) is 0 Å². The summed E-state index contributed by atoms with van der Waals surface area (Å²) in [5, 5.41) is 0. The zero-order valence-corrected chi connectivity index (χ0v) is 9.71. The monoisotopic (exact) mass is 184 g/mol. The van der Waals surface area contributed by atoms with Crippen LogP contribution in [0.15, 0.2) is 0 Å². The van der Waals surface area contributed by atoms with Crippen LogP contribution in [0.3, 0.4) is 0 Å². The summed E-state index contributed by atoms with van der Waals surface area (Å²) in [6, 6.07) is 0. The van der Waals surface area contributed by atoms with Crippen molar-refractivity contribution in [3.05, 3.63) is 0 Å². The van der Waals surface area contributed by atoms with Crippen LogP contribution in [0.25, 0.3) is 0 Å². The van der Waals surface area contributed by atoms with Gasteiger partial charge in [0.15, 0.2) is 0 Å². The minimum Gasteiger partial charge on any atom is -0.381 e. The fraction of sp³-hybridized carbons (Fsp3) is 1.00. The SMILES string of the molecule is CCC1CC(OC)C(C)C(C)C1C. The van der Waals surface area contributed by atoms with Crippen molar-refractivity contribution >= 4 is 0 Å². The smallest absolute Gasteiger partial charge is 0.0602 e. The molecule has 1 aliphatic rings. The molecule has 1 fully saturated rings. The Bertz CT molecular complexity index is 135. The van der Waals surface area contributed by atoms with Gasteiger partial charge in [0, 0.05) is 7.11 Å². The van der Waals surface area contributed by atoms with E-state index in [1.165, 1.54) is 12.8 Å². The lowest BCUT2D eigenvalue weighted by Gasteiger charge is -2.42. The van der Waals surface area contributed by atoms with E-state index in [9.17, 15) is 0 Å². The topological polar surface area (TPSA) is 9.23 Å². The molecule has 1 heteroatoms. The van der Waals surface area contributed by atoms with Crippen molar-refractivity contribution in [2.75, 3.05) is 7.11 Å². The normalized spacial score (nSPS) is 46.4. The standard InChI is InChI=1S/C12H24O/c1-6-11-7-12(13-5)10(4)8(2)9(11)3/h8-12H,6-7H2,1-5H3. The van der Waals surface area contributed by atoms with Gasteiger partial charge >= 0.3 is 0 Å². The van der Waals surface area contributed by atoms with Crippen molar-refractivity contribution < 1.29 is 4.74 Å². The molecular weight excluding hydrogens is 160 g/mol. The van der Waals surface area contributed by atoms with Crippen LogP contribution in [0.5, 0.6) is 0 Å².